The van der Waals surface area contributed by atoms with Crippen LogP contribution in [0, 0.1) is 12.8 Å². The lowest BCUT2D eigenvalue weighted by molar-refractivity contribution is -0.143. The number of carboxylic acid groups (broad SMARTS) is 1. The molecule has 156 valence electrons. The fourth-order valence-corrected chi connectivity index (χ4v) is 3.85. The monoisotopic (exact) mass is 398 g/mol. The lowest BCUT2D eigenvalue weighted by atomic mass is 9.93. The number of hydrogen-bond acceptors (Lipinski definition) is 5. The molecule has 0 radical (unpaired) electrons. The number of carboxylic acids is 1. The molecular weight excluding hydrogens is 368 g/mol. The van der Waals surface area contributed by atoms with Crippen LogP contribution in [0.5, 0.6) is 11.5 Å². The first-order valence-electron chi connectivity index (χ1n) is 10.3. The second-order valence-electron chi connectivity index (χ2n) is 7.38. The van der Waals surface area contributed by atoms with Gasteiger partial charge in [0, 0.05) is 6.20 Å². The molecule has 3 rings (SSSR count). The van der Waals surface area contributed by atoms with E-state index < -0.39 is 5.97 Å². The van der Waals surface area contributed by atoms with Gasteiger partial charge in [0.25, 0.3) is 0 Å². The number of ether oxygens (including phenoxy) is 2. The first kappa shape index (κ1) is 21.1. The summed E-state index contributed by atoms with van der Waals surface area (Å²) in [6.45, 7) is 8.50. The zero-order chi connectivity index (χ0) is 20.8. The van der Waals surface area contributed by atoms with Crippen molar-refractivity contribution in [1.82, 2.24) is 9.88 Å². The van der Waals surface area contributed by atoms with Gasteiger partial charge in [0.1, 0.15) is 0 Å². The van der Waals surface area contributed by atoms with E-state index in [0.717, 1.165) is 28.3 Å². The smallest absolute Gasteiger partial charge is 0.306 e. The van der Waals surface area contributed by atoms with Gasteiger partial charge >= 0.3 is 5.97 Å². The van der Waals surface area contributed by atoms with Crippen molar-refractivity contribution in [3.63, 3.8) is 0 Å². The van der Waals surface area contributed by atoms with Crippen LogP contribution in [0.3, 0.4) is 0 Å². The van der Waals surface area contributed by atoms with Crippen molar-refractivity contribution in [2.45, 2.75) is 39.7 Å². The molecule has 1 aromatic carbocycles. The van der Waals surface area contributed by atoms with Crippen molar-refractivity contribution >= 4 is 5.97 Å². The van der Waals surface area contributed by atoms with Crippen LogP contribution in [-0.4, -0.2) is 47.3 Å². The maximum absolute atomic E-state index is 11.4. The average Bonchev–Trinajstić information content (AvgIpc) is 2.72. The fourth-order valence-electron chi connectivity index (χ4n) is 3.85. The predicted octanol–water partition coefficient (Wildman–Crippen LogP) is 4.07. The van der Waals surface area contributed by atoms with Crippen molar-refractivity contribution in [2.75, 3.05) is 26.3 Å². The first-order chi connectivity index (χ1) is 14.0. The molecule has 0 amide bonds. The molecule has 2 aromatic rings. The molecule has 0 saturated carbocycles. The van der Waals surface area contributed by atoms with Crippen LogP contribution >= 0.6 is 0 Å². The van der Waals surface area contributed by atoms with Crippen molar-refractivity contribution in [2.24, 2.45) is 5.92 Å². The summed E-state index contributed by atoms with van der Waals surface area (Å²) in [6.07, 6.45) is 3.17. The Kier molecular flexibility index (Phi) is 7.09. The van der Waals surface area contributed by atoms with Crippen LogP contribution in [0.2, 0.25) is 0 Å². The maximum Gasteiger partial charge on any atom is 0.306 e. The second kappa shape index (κ2) is 9.74. The molecule has 1 aliphatic rings. The number of benzene rings is 1. The van der Waals surface area contributed by atoms with Crippen molar-refractivity contribution in [3.05, 3.63) is 53.3 Å². The third-order valence-electron chi connectivity index (χ3n) is 5.34. The second-order valence-corrected chi connectivity index (χ2v) is 7.38. The van der Waals surface area contributed by atoms with Crippen LogP contribution in [-0.2, 0) is 4.79 Å². The minimum atomic E-state index is -0.700. The normalized spacial score (nSPS) is 16.4. The third kappa shape index (κ3) is 5.07. The topological polar surface area (TPSA) is 71.9 Å². The average molecular weight is 399 g/mol. The first-order valence-corrected chi connectivity index (χ1v) is 10.3. The maximum atomic E-state index is 11.4. The highest BCUT2D eigenvalue weighted by Gasteiger charge is 2.31. The van der Waals surface area contributed by atoms with Crippen LogP contribution < -0.4 is 9.47 Å². The number of hydrogen-bond donors (Lipinski definition) is 1. The largest absolute Gasteiger partial charge is 0.490 e. The number of likely N-dealkylation sites (tertiary alicyclic amines) is 1. The van der Waals surface area contributed by atoms with Gasteiger partial charge in [-0.25, -0.2) is 0 Å². The third-order valence-corrected chi connectivity index (χ3v) is 5.34. The van der Waals surface area contributed by atoms with Gasteiger partial charge in [-0.1, -0.05) is 12.1 Å². The van der Waals surface area contributed by atoms with E-state index in [2.05, 4.69) is 28.1 Å². The van der Waals surface area contributed by atoms with Gasteiger partial charge in [0.2, 0.25) is 0 Å². The summed E-state index contributed by atoms with van der Waals surface area (Å²) in [6, 6.07) is 10.1. The van der Waals surface area contributed by atoms with Crippen LogP contribution in [0.25, 0.3) is 0 Å². The van der Waals surface area contributed by atoms with E-state index >= 15 is 0 Å². The highest BCUT2D eigenvalue weighted by atomic mass is 16.5. The number of rotatable bonds is 8. The van der Waals surface area contributed by atoms with Gasteiger partial charge in [0.15, 0.2) is 11.5 Å². The van der Waals surface area contributed by atoms with Crippen molar-refractivity contribution in [3.8, 4) is 11.5 Å². The summed E-state index contributed by atoms with van der Waals surface area (Å²) in [4.78, 5) is 18.4. The Hall–Kier alpha value is -2.60. The number of aliphatic carboxylic acids is 1. The molecule has 1 aromatic heterocycles. The number of aromatic nitrogens is 1. The molecule has 0 bridgehead atoms. The molecular formula is C23H30N2O4. The van der Waals surface area contributed by atoms with Crippen LogP contribution in [0.15, 0.2) is 36.5 Å². The Morgan fingerprint density at radius 1 is 1.14 bits per heavy atom. The number of carbonyl (C=O) groups is 1. The van der Waals surface area contributed by atoms with Gasteiger partial charge < -0.3 is 14.6 Å². The molecule has 1 fully saturated rings. The molecule has 6 heteroatoms. The van der Waals surface area contributed by atoms with Crippen LogP contribution in [0.1, 0.15) is 49.6 Å². The molecule has 1 N–H and O–H groups in total. The van der Waals surface area contributed by atoms with Gasteiger partial charge in [0.05, 0.1) is 30.9 Å². The summed E-state index contributed by atoms with van der Waals surface area (Å²) >= 11 is 0. The Balaban J connectivity index is 1.96. The van der Waals surface area contributed by atoms with E-state index in [1.807, 2.05) is 39.1 Å². The fraction of sp³-hybridized carbons (Fsp3) is 0.478. The lowest BCUT2D eigenvalue weighted by Gasteiger charge is -2.36. The molecule has 2 heterocycles. The van der Waals surface area contributed by atoms with E-state index in [-0.39, 0.29) is 12.0 Å². The molecule has 1 aliphatic heterocycles. The van der Waals surface area contributed by atoms with E-state index in [1.165, 1.54) is 0 Å². The lowest BCUT2D eigenvalue weighted by Crippen LogP contribution is -2.39. The van der Waals surface area contributed by atoms with E-state index in [0.29, 0.717) is 39.1 Å². The summed E-state index contributed by atoms with van der Waals surface area (Å²) in [7, 11) is 0. The Morgan fingerprint density at radius 2 is 1.83 bits per heavy atom. The molecule has 1 atom stereocenters. The predicted molar refractivity (Wildman–Crippen MR) is 112 cm³/mol. The van der Waals surface area contributed by atoms with Gasteiger partial charge in [-0.05, 0) is 76.0 Å². The molecule has 0 spiro atoms. The minimum absolute atomic E-state index is 0.0553. The van der Waals surface area contributed by atoms with E-state index in [4.69, 9.17) is 9.47 Å². The van der Waals surface area contributed by atoms with E-state index in [9.17, 15) is 9.90 Å². The minimum Gasteiger partial charge on any atom is -0.490 e. The van der Waals surface area contributed by atoms with Crippen molar-refractivity contribution < 1.29 is 19.4 Å². The Morgan fingerprint density at radius 3 is 2.41 bits per heavy atom. The molecule has 1 unspecified atom stereocenters. The number of pyridine rings is 1. The standard InChI is InChI=1S/C23H30N2O4/c1-4-28-20-9-7-18(14-21(20)29-5-2)22(19-8-6-16(3)15-24-19)25-12-10-17(11-13-25)23(26)27/h6-9,14-15,17,22H,4-5,10-13H2,1-3H3,(H,26,27). The summed E-state index contributed by atoms with van der Waals surface area (Å²) < 4.78 is 11.5. The number of nitrogens with zero attached hydrogens (tertiary/aromatic N) is 2. The summed E-state index contributed by atoms with van der Waals surface area (Å²) in [5.74, 6) is 0.495. The molecule has 29 heavy (non-hydrogen) atoms. The van der Waals surface area contributed by atoms with Gasteiger partial charge in [-0.3, -0.25) is 14.7 Å². The Bertz CT molecular complexity index is 814. The zero-order valence-corrected chi connectivity index (χ0v) is 17.4. The number of aryl methyl sites for hydroxylation is 1. The SMILES string of the molecule is CCOc1ccc(C(c2ccc(C)cn2)N2CCC(C(=O)O)CC2)cc1OCC. The molecule has 6 nitrogen and oxygen atoms in total. The van der Waals surface area contributed by atoms with Gasteiger partial charge in [-0.15, -0.1) is 0 Å². The molecule has 1 saturated heterocycles. The van der Waals surface area contributed by atoms with Crippen LogP contribution in [0.4, 0.5) is 0 Å². The van der Waals surface area contributed by atoms with Crippen molar-refractivity contribution in [1.29, 1.82) is 0 Å². The summed E-state index contributed by atoms with van der Waals surface area (Å²) in [5, 5.41) is 9.34. The summed E-state index contributed by atoms with van der Waals surface area (Å²) in [5.41, 5.74) is 3.14. The quantitative estimate of drug-likeness (QED) is 0.723. The zero-order valence-electron chi connectivity index (χ0n) is 17.4. The highest BCUT2D eigenvalue weighted by Crippen LogP contribution is 2.36. The Labute approximate surface area is 172 Å². The highest BCUT2D eigenvalue weighted by molar-refractivity contribution is 5.70. The number of piperidine rings is 1. The van der Waals surface area contributed by atoms with E-state index in [1.54, 1.807) is 0 Å². The van der Waals surface area contributed by atoms with Gasteiger partial charge in [-0.2, -0.15) is 0 Å². The molecule has 0 aliphatic carbocycles.